The maximum atomic E-state index is 12.7. The van der Waals surface area contributed by atoms with Crippen molar-refractivity contribution in [3.63, 3.8) is 0 Å². The molecular weight excluding hydrogens is 681 g/mol. The molecule has 4 saturated carbocycles. The molecule has 3 atom stereocenters. The first-order valence-corrected chi connectivity index (χ1v) is 22.5. The van der Waals surface area contributed by atoms with Crippen molar-refractivity contribution < 1.29 is 23.4 Å². The first-order chi connectivity index (χ1) is 24.6. The predicted molar refractivity (Wildman–Crippen MR) is 212 cm³/mol. The minimum atomic E-state index is -1.82. The van der Waals surface area contributed by atoms with Crippen LogP contribution in [0.25, 0.3) is 11.3 Å². The van der Waals surface area contributed by atoms with Gasteiger partial charge < -0.3 is 24.0 Å². The number of rotatable bonds is 10. The molecular formula is C43H62N4O5Si. The van der Waals surface area contributed by atoms with Crippen LogP contribution in [0.5, 0.6) is 5.75 Å². The Bertz CT molecular complexity index is 1850. The number of esters is 1. The number of nitrogens with one attached hydrogen (secondary N) is 1. The lowest BCUT2D eigenvalue weighted by atomic mass is 9.39. The predicted octanol–water partition coefficient (Wildman–Crippen LogP) is 9.91. The molecule has 1 aromatic carbocycles. The largest absolute Gasteiger partial charge is 0.489 e. The molecule has 4 fully saturated rings. The highest BCUT2D eigenvalue weighted by atomic mass is 28.4. The molecule has 9 nitrogen and oxygen atoms in total. The summed E-state index contributed by atoms with van der Waals surface area (Å²) in [5, 5.41) is 8.98. The third-order valence-electron chi connectivity index (χ3n) is 12.8. The van der Waals surface area contributed by atoms with Gasteiger partial charge in [0.15, 0.2) is 8.32 Å². The molecule has 8 rings (SSSR count). The van der Waals surface area contributed by atoms with Gasteiger partial charge in [0, 0.05) is 23.4 Å². The number of fused-ring (bicyclic) bond motifs is 1. The Hall–Kier alpha value is -3.21. The van der Waals surface area contributed by atoms with Crippen molar-refractivity contribution in [2.24, 2.45) is 16.2 Å². The number of hydrogen-bond donors (Lipinski definition) is 1. The highest BCUT2D eigenvalue weighted by molar-refractivity contribution is 6.74. The summed E-state index contributed by atoms with van der Waals surface area (Å²) in [6.07, 6.45) is 9.14. The molecule has 0 spiro atoms. The maximum absolute atomic E-state index is 12.7. The van der Waals surface area contributed by atoms with Gasteiger partial charge in [-0.25, -0.2) is 9.78 Å². The summed E-state index contributed by atoms with van der Waals surface area (Å²) < 4.78 is 27.7. The molecule has 2 aromatic heterocycles. The molecule has 0 amide bonds. The zero-order valence-corrected chi connectivity index (χ0v) is 35.1. The highest BCUT2D eigenvalue weighted by Gasteiger charge is 2.66. The van der Waals surface area contributed by atoms with E-state index in [1.807, 2.05) is 51.2 Å². The topological polar surface area (TPSA) is 96.7 Å². The molecule has 10 heteroatoms. The average Bonchev–Trinajstić information content (AvgIpc) is 3.38. The molecule has 3 unspecified atom stereocenters. The number of aromatic nitrogens is 3. The van der Waals surface area contributed by atoms with E-state index in [2.05, 4.69) is 75.7 Å². The summed E-state index contributed by atoms with van der Waals surface area (Å²) >= 11 is 0. The number of hydrogen-bond acceptors (Lipinski definition) is 8. The second-order valence-corrected chi connectivity index (χ2v) is 25.1. The van der Waals surface area contributed by atoms with Crippen LogP contribution < -0.4 is 10.1 Å². The van der Waals surface area contributed by atoms with Crippen molar-refractivity contribution in [3.8, 4) is 17.0 Å². The van der Waals surface area contributed by atoms with E-state index in [4.69, 9.17) is 23.7 Å². The van der Waals surface area contributed by atoms with E-state index in [9.17, 15) is 4.79 Å². The van der Waals surface area contributed by atoms with Gasteiger partial charge in [-0.1, -0.05) is 40.7 Å². The van der Waals surface area contributed by atoms with Gasteiger partial charge in [-0.05, 0) is 131 Å². The molecule has 4 bridgehead atoms. The molecule has 3 heterocycles. The van der Waals surface area contributed by atoms with Crippen molar-refractivity contribution >= 4 is 20.0 Å². The number of carbonyl (C=O) groups is 1. The van der Waals surface area contributed by atoms with Gasteiger partial charge in [0.05, 0.1) is 42.4 Å². The number of nitrogens with zero attached hydrogens (tertiary/aromatic N) is 3. The van der Waals surface area contributed by atoms with Gasteiger partial charge in [0.25, 0.3) is 0 Å². The molecule has 5 aliphatic rings. The lowest BCUT2D eigenvalue weighted by Gasteiger charge is -2.69. The Morgan fingerprint density at radius 3 is 2.38 bits per heavy atom. The normalized spacial score (nSPS) is 29.4. The second kappa shape index (κ2) is 12.9. The van der Waals surface area contributed by atoms with E-state index in [-0.39, 0.29) is 38.6 Å². The van der Waals surface area contributed by atoms with Crippen LogP contribution in [0.15, 0.2) is 42.6 Å². The summed E-state index contributed by atoms with van der Waals surface area (Å²) in [5.41, 5.74) is 5.12. The Kier molecular flexibility index (Phi) is 9.30. The van der Waals surface area contributed by atoms with E-state index in [0.29, 0.717) is 25.5 Å². The van der Waals surface area contributed by atoms with Crippen LogP contribution in [0.4, 0.5) is 5.69 Å². The van der Waals surface area contributed by atoms with Crippen molar-refractivity contribution in [1.82, 2.24) is 14.8 Å². The molecule has 53 heavy (non-hydrogen) atoms. The third kappa shape index (κ3) is 7.70. The highest BCUT2D eigenvalue weighted by Crippen LogP contribution is 2.72. The van der Waals surface area contributed by atoms with Crippen molar-refractivity contribution in [2.75, 3.05) is 25.1 Å². The maximum Gasteiger partial charge on any atom is 0.357 e. The van der Waals surface area contributed by atoms with Crippen LogP contribution in [0.2, 0.25) is 18.1 Å². The monoisotopic (exact) mass is 742 g/mol. The Balaban J connectivity index is 1.06. The number of anilines is 1. The van der Waals surface area contributed by atoms with Gasteiger partial charge in [-0.2, -0.15) is 5.10 Å². The van der Waals surface area contributed by atoms with Crippen LogP contribution in [0, 0.1) is 23.2 Å². The van der Waals surface area contributed by atoms with Crippen LogP contribution in [0.1, 0.15) is 122 Å². The first kappa shape index (κ1) is 38.1. The fraction of sp³-hybridized carbons (Fsp3) is 0.651. The minimum Gasteiger partial charge on any atom is -0.489 e. The fourth-order valence-electron chi connectivity index (χ4n) is 10.7. The van der Waals surface area contributed by atoms with E-state index >= 15 is 0 Å². The summed E-state index contributed by atoms with van der Waals surface area (Å²) in [7, 11) is -1.82. The number of pyridine rings is 1. The number of carbonyl (C=O) groups excluding carboxylic acids is 1. The first-order valence-electron chi connectivity index (χ1n) is 19.6. The molecule has 1 N–H and O–H groups in total. The summed E-state index contributed by atoms with van der Waals surface area (Å²) in [6.45, 7) is 27.1. The minimum absolute atomic E-state index is 0.0467. The van der Waals surface area contributed by atoms with Crippen LogP contribution in [-0.4, -0.2) is 60.1 Å². The van der Waals surface area contributed by atoms with E-state index in [1.54, 1.807) is 6.07 Å². The van der Waals surface area contributed by atoms with Gasteiger partial charge >= 0.3 is 5.97 Å². The smallest absolute Gasteiger partial charge is 0.357 e. The lowest BCUT2D eigenvalue weighted by molar-refractivity contribution is -0.249. The van der Waals surface area contributed by atoms with Gasteiger partial charge in [0.2, 0.25) is 0 Å². The van der Waals surface area contributed by atoms with Crippen molar-refractivity contribution in [1.29, 1.82) is 0 Å². The van der Waals surface area contributed by atoms with Gasteiger partial charge in [0.1, 0.15) is 23.7 Å². The van der Waals surface area contributed by atoms with Crippen LogP contribution >= 0.6 is 0 Å². The molecule has 1 aliphatic heterocycles. The van der Waals surface area contributed by atoms with E-state index in [1.165, 1.54) is 25.0 Å². The zero-order chi connectivity index (χ0) is 38.2. The van der Waals surface area contributed by atoms with Gasteiger partial charge in [-0.3, -0.25) is 4.68 Å². The Morgan fingerprint density at radius 1 is 0.981 bits per heavy atom. The van der Waals surface area contributed by atoms with E-state index in [0.717, 1.165) is 48.4 Å². The summed E-state index contributed by atoms with van der Waals surface area (Å²) in [6, 6.07) is 11.4. The molecule has 288 valence electrons. The Labute approximate surface area is 318 Å². The van der Waals surface area contributed by atoms with E-state index < -0.39 is 19.9 Å². The lowest BCUT2D eigenvalue weighted by Crippen LogP contribution is -2.64. The summed E-state index contributed by atoms with van der Waals surface area (Å²) in [5.74, 6) is 0.367. The number of ether oxygens (including phenoxy) is 3. The summed E-state index contributed by atoms with van der Waals surface area (Å²) in [4.78, 5) is 17.4. The third-order valence-corrected chi connectivity index (χ3v) is 17.3. The van der Waals surface area contributed by atoms with Crippen LogP contribution in [-0.2, 0) is 20.4 Å². The van der Waals surface area contributed by atoms with Crippen molar-refractivity contribution in [2.45, 2.75) is 143 Å². The standard InChI is InChI=1S/C43H62N4O5Si/c1-29-31(35-21-49-36-16-15-30(19-34(36)46-35)32-13-12-14-33(45-32)37(48)52-38(2,3)4)20-44-47(29)28-42-23-40(8)22-41(9,24-42)26-43(25-40,27-42)50-17-18-51-53(10,11)39(5,6)7/h12-16,19-20,35,46H,17-18,21-28H2,1-11H3. The quantitative estimate of drug-likeness (QED) is 0.125. The molecule has 3 aromatic rings. The van der Waals surface area contributed by atoms with Crippen LogP contribution in [0.3, 0.4) is 0 Å². The van der Waals surface area contributed by atoms with Crippen molar-refractivity contribution in [3.05, 3.63) is 59.5 Å². The Morgan fingerprint density at radius 2 is 1.70 bits per heavy atom. The molecule has 0 saturated heterocycles. The zero-order valence-electron chi connectivity index (χ0n) is 34.1. The number of benzene rings is 1. The molecule has 4 aliphatic carbocycles. The second-order valence-electron chi connectivity index (χ2n) is 20.3. The molecule has 0 radical (unpaired) electrons. The van der Waals surface area contributed by atoms with Gasteiger partial charge in [-0.15, -0.1) is 0 Å². The fourth-order valence-corrected chi connectivity index (χ4v) is 11.8. The SMILES string of the molecule is Cc1c(C2COc3ccc(-c4cccc(C(=O)OC(C)(C)C)n4)cc3N2)cnn1CC12CC3(C)CC(C)(C1)CC(OCCO[Si](C)(C)C(C)(C)C)(C3)C2. The average molecular weight is 743 g/mol.